The maximum Gasteiger partial charge on any atom is 0.308 e. The van der Waals surface area contributed by atoms with Gasteiger partial charge in [-0.2, -0.15) is 0 Å². The van der Waals surface area contributed by atoms with Crippen LogP contribution in [0.15, 0.2) is 11.1 Å². The van der Waals surface area contributed by atoms with E-state index in [2.05, 4.69) is 5.32 Å². The first-order chi connectivity index (χ1) is 8.00. The van der Waals surface area contributed by atoms with Gasteiger partial charge in [-0.25, -0.2) is 0 Å². The number of nitrogens with zero attached hydrogens (tertiary/aromatic N) is 1. The summed E-state index contributed by atoms with van der Waals surface area (Å²) in [6, 6.07) is 0. The number of carbonyl (C=O) groups is 2. The Bertz CT molecular complexity index is 383. The summed E-state index contributed by atoms with van der Waals surface area (Å²) < 4.78 is 0. The highest BCUT2D eigenvalue weighted by molar-refractivity contribution is 5.94. The van der Waals surface area contributed by atoms with Gasteiger partial charge in [-0.05, 0) is 18.4 Å². The van der Waals surface area contributed by atoms with Crippen LogP contribution in [0.3, 0.4) is 0 Å². The number of hydrogen-bond acceptors (Lipinski definition) is 3. The van der Waals surface area contributed by atoms with E-state index in [9.17, 15) is 9.59 Å². The molecule has 2 aliphatic heterocycles. The molecule has 5 heteroatoms. The molecule has 0 unspecified atom stereocenters. The van der Waals surface area contributed by atoms with Gasteiger partial charge in [0.25, 0.3) is 0 Å². The number of nitrogens with one attached hydrogen (secondary N) is 1. The number of aliphatic carboxylic acids is 1. The Kier molecular flexibility index (Phi) is 3.19. The largest absolute Gasteiger partial charge is 0.481 e. The van der Waals surface area contributed by atoms with Crippen LogP contribution in [-0.4, -0.2) is 48.1 Å². The Morgan fingerprint density at radius 3 is 2.41 bits per heavy atom. The number of hydrogen-bond donors (Lipinski definition) is 2. The molecular weight excluding hydrogens is 220 g/mol. The van der Waals surface area contributed by atoms with Crippen LogP contribution in [0, 0.1) is 11.8 Å². The molecule has 2 saturated heterocycles. The van der Waals surface area contributed by atoms with Crippen molar-refractivity contribution in [2.75, 3.05) is 26.2 Å². The van der Waals surface area contributed by atoms with Crippen LogP contribution in [-0.2, 0) is 9.59 Å². The van der Waals surface area contributed by atoms with E-state index in [1.807, 2.05) is 13.8 Å². The first-order valence-corrected chi connectivity index (χ1v) is 5.92. The van der Waals surface area contributed by atoms with E-state index in [4.69, 9.17) is 5.11 Å². The molecule has 0 bridgehead atoms. The van der Waals surface area contributed by atoms with E-state index in [0.717, 1.165) is 24.2 Å². The first kappa shape index (κ1) is 12.1. The van der Waals surface area contributed by atoms with Crippen LogP contribution in [0.5, 0.6) is 0 Å². The number of carbonyl (C=O) groups excluding carboxylic acids is 1. The molecule has 0 radical (unpaired) electrons. The zero-order chi connectivity index (χ0) is 12.6. The van der Waals surface area contributed by atoms with Gasteiger partial charge in [0.1, 0.15) is 0 Å². The Balaban J connectivity index is 2.05. The fourth-order valence-corrected chi connectivity index (χ4v) is 2.36. The molecule has 2 fully saturated rings. The first-order valence-electron chi connectivity index (χ1n) is 5.92. The summed E-state index contributed by atoms with van der Waals surface area (Å²) in [6.07, 6.45) is 0. The fourth-order valence-electron chi connectivity index (χ4n) is 2.36. The van der Waals surface area contributed by atoms with Crippen LogP contribution in [0.2, 0.25) is 0 Å². The van der Waals surface area contributed by atoms with Crippen LogP contribution in [0.1, 0.15) is 13.8 Å². The van der Waals surface area contributed by atoms with Gasteiger partial charge in [-0.15, -0.1) is 0 Å². The fraction of sp³-hybridized carbons (Fsp3) is 0.667. The van der Waals surface area contributed by atoms with Gasteiger partial charge >= 0.3 is 5.97 Å². The van der Waals surface area contributed by atoms with Gasteiger partial charge in [0.15, 0.2) is 0 Å². The van der Waals surface area contributed by atoms with E-state index >= 15 is 0 Å². The number of amides is 1. The maximum absolute atomic E-state index is 12.1. The van der Waals surface area contributed by atoms with Crippen LogP contribution < -0.4 is 5.32 Å². The summed E-state index contributed by atoms with van der Waals surface area (Å²) in [4.78, 5) is 24.8. The maximum atomic E-state index is 12.1. The lowest BCUT2D eigenvalue weighted by Crippen LogP contribution is -2.38. The molecule has 0 aliphatic carbocycles. The lowest BCUT2D eigenvalue weighted by molar-refractivity contribution is -0.142. The van der Waals surface area contributed by atoms with Crippen LogP contribution >= 0.6 is 0 Å². The standard InChI is InChI=1S/C12H18N2O3/c1-7-5-14(6-10(7)12(16)17)11(15)8(2)9-3-13-4-9/h7,10,13H,3-6H2,1-2H3,(H,16,17)/t7-,10-/m1/s1. The molecule has 94 valence electrons. The minimum atomic E-state index is -0.802. The molecule has 0 aromatic carbocycles. The van der Waals surface area contributed by atoms with Gasteiger partial charge in [-0.1, -0.05) is 6.92 Å². The molecule has 0 spiro atoms. The zero-order valence-electron chi connectivity index (χ0n) is 10.2. The van der Waals surface area contributed by atoms with Crippen molar-refractivity contribution in [2.45, 2.75) is 13.8 Å². The van der Waals surface area contributed by atoms with Crippen molar-refractivity contribution in [3.63, 3.8) is 0 Å². The van der Waals surface area contributed by atoms with Crippen molar-refractivity contribution in [3.05, 3.63) is 11.1 Å². The molecular formula is C12H18N2O3. The van der Waals surface area contributed by atoms with Crippen LogP contribution in [0.4, 0.5) is 0 Å². The van der Waals surface area contributed by atoms with Crippen molar-refractivity contribution in [2.24, 2.45) is 11.8 Å². The molecule has 0 saturated carbocycles. The van der Waals surface area contributed by atoms with E-state index in [-0.39, 0.29) is 11.8 Å². The average molecular weight is 238 g/mol. The van der Waals surface area contributed by atoms with Gasteiger partial charge in [0.2, 0.25) is 5.91 Å². The molecule has 0 aromatic rings. The highest BCUT2D eigenvalue weighted by Gasteiger charge is 2.37. The summed E-state index contributed by atoms with van der Waals surface area (Å²) in [5.41, 5.74) is 1.92. The smallest absolute Gasteiger partial charge is 0.308 e. The van der Waals surface area contributed by atoms with Crippen molar-refractivity contribution in [3.8, 4) is 0 Å². The molecule has 2 atom stereocenters. The second-order valence-electron chi connectivity index (χ2n) is 4.96. The monoisotopic (exact) mass is 238 g/mol. The summed E-state index contributed by atoms with van der Waals surface area (Å²) in [7, 11) is 0. The van der Waals surface area contributed by atoms with Crippen molar-refractivity contribution in [1.29, 1.82) is 0 Å². The van der Waals surface area contributed by atoms with E-state index in [0.29, 0.717) is 13.1 Å². The number of rotatable bonds is 2. The predicted octanol–water partition coefficient (Wildman–Crippen LogP) is 0.0852. The molecule has 2 N–H and O–H groups in total. The van der Waals surface area contributed by atoms with Gasteiger partial charge in [0, 0.05) is 31.8 Å². The third-order valence-electron chi connectivity index (χ3n) is 3.74. The summed E-state index contributed by atoms with van der Waals surface area (Å²) in [5, 5.41) is 12.1. The lowest BCUT2D eigenvalue weighted by Gasteiger charge is -2.24. The Morgan fingerprint density at radius 2 is 2.00 bits per heavy atom. The second-order valence-corrected chi connectivity index (χ2v) is 4.96. The van der Waals surface area contributed by atoms with Gasteiger partial charge in [0.05, 0.1) is 5.92 Å². The van der Waals surface area contributed by atoms with Gasteiger partial charge < -0.3 is 15.3 Å². The van der Waals surface area contributed by atoms with Crippen molar-refractivity contribution in [1.82, 2.24) is 10.2 Å². The molecule has 1 amide bonds. The minimum absolute atomic E-state index is 0.00269. The van der Waals surface area contributed by atoms with E-state index in [1.54, 1.807) is 4.90 Å². The number of likely N-dealkylation sites (tertiary alicyclic amines) is 1. The molecule has 2 rings (SSSR count). The third kappa shape index (κ3) is 2.20. The Morgan fingerprint density at radius 1 is 1.35 bits per heavy atom. The number of carboxylic acid groups (broad SMARTS) is 1. The molecule has 2 heterocycles. The summed E-state index contributed by atoms with van der Waals surface area (Å²) in [5.74, 6) is -1.19. The minimum Gasteiger partial charge on any atom is -0.481 e. The third-order valence-corrected chi connectivity index (χ3v) is 3.74. The lowest BCUT2D eigenvalue weighted by atomic mass is 9.99. The molecule has 0 aromatic heterocycles. The number of carboxylic acids is 1. The van der Waals surface area contributed by atoms with E-state index < -0.39 is 11.9 Å². The quantitative estimate of drug-likeness (QED) is 0.669. The normalized spacial score (nSPS) is 27.9. The summed E-state index contributed by atoms with van der Waals surface area (Å²) in [6.45, 7) is 6.17. The highest BCUT2D eigenvalue weighted by atomic mass is 16.4. The second kappa shape index (κ2) is 4.49. The highest BCUT2D eigenvalue weighted by Crippen LogP contribution is 2.25. The summed E-state index contributed by atoms with van der Waals surface area (Å²) >= 11 is 0. The molecule has 17 heavy (non-hydrogen) atoms. The zero-order valence-corrected chi connectivity index (χ0v) is 10.2. The average Bonchev–Trinajstić information content (AvgIpc) is 2.56. The molecule has 2 aliphatic rings. The van der Waals surface area contributed by atoms with E-state index in [1.165, 1.54) is 0 Å². The Labute approximate surface area is 100 Å². The van der Waals surface area contributed by atoms with Gasteiger partial charge in [-0.3, -0.25) is 9.59 Å². The van der Waals surface area contributed by atoms with Crippen molar-refractivity contribution >= 4 is 11.9 Å². The molecule has 5 nitrogen and oxygen atoms in total. The topological polar surface area (TPSA) is 69.6 Å². The Hall–Kier alpha value is -1.36. The van der Waals surface area contributed by atoms with Crippen molar-refractivity contribution < 1.29 is 14.7 Å². The SMILES string of the molecule is CC(C(=O)N1C[C@@H](C)[C@H](C(=O)O)C1)=C1CNC1. The predicted molar refractivity (Wildman–Crippen MR) is 62.4 cm³/mol. The van der Waals surface area contributed by atoms with Crippen LogP contribution in [0.25, 0.3) is 0 Å².